The number of benzene rings is 3. The fourth-order valence-electron chi connectivity index (χ4n) is 3.55. The fraction of sp³-hybridized carbons (Fsp3) is 0.174. The molecular weight excluding hydrogens is 354 g/mol. The molecule has 1 amide bonds. The predicted octanol–water partition coefficient (Wildman–Crippen LogP) is 4.19. The molecule has 28 heavy (non-hydrogen) atoms. The van der Waals surface area contributed by atoms with Crippen LogP contribution in [-0.2, 0) is 0 Å². The summed E-state index contributed by atoms with van der Waals surface area (Å²) in [5, 5.41) is 21.5. The van der Waals surface area contributed by atoms with Crippen molar-refractivity contribution in [3.63, 3.8) is 0 Å². The van der Waals surface area contributed by atoms with Gasteiger partial charge in [0.2, 0.25) is 0 Å². The third-order valence-corrected chi connectivity index (χ3v) is 5.11. The first-order chi connectivity index (χ1) is 13.5. The van der Waals surface area contributed by atoms with Gasteiger partial charge in [0, 0.05) is 13.1 Å². The molecular formula is C23H21NO4. The second-order valence-electron chi connectivity index (χ2n) is 6.86. The van der Waals surface area contributed by atoms with Gasteiger partial charge in [-0.1, -0.05) is 24.3 Å². The minimum Gasteiger partial charge on any atom is -0.508 e. The van der Waals surface area contributed by atoms with E-state index in [2.05, 4.69) is 0 Å². The second-order valence-corrected chi connectivity index (χ2v) is 6.86. The van der Waals surface area contributed by atoms with Crippen LogP contribution < -0.4 is 4.74 Å². The van der Waals surface area contributed by atoms with Crippen LogP contribution in [-0.4, -0.2) is 41.2 Å². The van der Waals surface area contributed by atoms with Gasteiger partial charge in [0.25, 0.3) is 5.91 Å². The molecule has 0 unspecified atom stereocenters. The number of fused-ring (bicyclic) bond motifs is 1. The van der Waals surface area contributed by atoms with E-state index < -0.39 is 0 Å². The lowest BCUT2D eigenvalue weighted by Gasteiger charge is -2.27. The van der Waals surface area contributed by atoms with Gasteiger partial charge in [0.05, 0.1) is 12.7 Å². The number of methoxy groups -OCH3 is 1. The van der Waals surface area contributed by atoms with Crippen molar-refractivity contribution in [1.82, 2.24) is 4.90 Å². The highest BCUT2D eigenvalue weighted by Crippen LogP contribution is 2.30. The number of hydrogen-bond donors (Lipinski definition) is 2. The summed E-state index contributed by atoms with van der Waals surface area (Å²) in [6.45, 7) is 1.04. The van der Waals surface area contributed by atoms with Gasteiger partial charge in [-0.15, -0.1) is 0 Å². The summed E-state index contributed by atoms with van der Waals surface area (Å²) in [5.74, 6) is 0.663. The number of phenols is 2. The molecule has 0 aliphatic carbocycles. The van der Waals surface area contributed by atoms with Gasteiger partial charge in [-0.2, -0.15) is 0 Å². The largest absolute Gasteiger partial charge is 0.508 e. The molecule has 5 heteroatoms. The standard InChI is InChI=1S/C23H21NO4/c1-28-20-4-2-3-16(12-20)15-7-9-24(10-8-15)23(27)21-13-18-11-19(25)6-5-17(18)14-22(21)26/h2-7,11-14,25-26H,8-10H2,1H3. The third kappa shape index (κ3) is 3.39. The molecule has 2 N–H and O–H groups in total. The Hall–Kier alpha value is -3.47. The van der Waals surface area contributed by atoms with Crippen LogP contribution >= 0.6 is 0 Å². The fourth-order valence-corrected chi connectivity index (χ4v) is 3.55. The third-order valence-electron chi connectivity index (χ3n) is 5.11. The summed E-state index contributed by atoms with van der Waals surface area (Å²) in [6, 6.07) is 15.9. The van der Waals surface area contributed by atoms with Crippen molar-refractivity contribution in [3.8, 4) is 17.2 Å². The molecule has 1 aliphatic rings. The highest BCUT2D eigenvalue weighted by molar-refractivity contribution is 6.02. The van der Waals surface area contributed by atoms with E-state index in [0.29, 0.717) is 18.5 Å². The van der Waals surface area contributed by atoms with Gasteiger partial charge < -0.3 is 19.8 Å². The van der Waals surface area contributed by atoms with Crippen molar-refractivity contribution >= 4 is 22.3 Å². The van der Waals surface area contributed by atoms with Crippen LogP contribution in [0.15, 0.2) is 60.7 Å². The monoisotopic (exact) mass is 375 g/mol. The zero-order valence-electron chi connectivity index (χ0n) is 15.6. The Morgan fingerprint density at radius 1 is 1.04 bits per heavy atom. The van der Waals surface area contributed by atoms with Gasteiger partial charge in [0.1, 0.15) is 17.2 Å². The number of aromatic hydroxyl groups is 2. The van der Waals surface area contributed by atoms with E-state index in [1.165, 1.54) is 5.57 Å². The van der Waals surface area contributed by atoms with Crippen LogP contribution in [0.1, 0.15) is 22.3 Å². The molecule has 142 valence electrons. The average Bonchev–Trinajstić information content (AvgIpc) is 2.73. The molecule has 5 nitrogen and oxygen atoms in total. The van der Waals surface area contributed by atoms with Crippen molar-refractivity contribution in [3.05, 3.63) is 71.8 Å². The Kier molecular flexibility index (Phi) is 4.65. The molecule has 3 aromatic rings. The van der Waals surface area contributed by atoms with Gasteiger partial charge in [-0.3, -0.25) is 4.79 Å². The minimum absolute atomic E-state index is 0.0502. The van der Waals surface area contributed by atoms with Crippen molar-refractivity contribution < 1.29 is 19.7 Å². The molecule has 3 aromatic carbocycles. The number of phenolic OH excluding ortho intramolecular Hbond substituents is 2. The number of rotatable bonds is 3. The van der Waals surface area contributed by atoms with Crippen LogP contribution in [0.3, 0.4) is 0 Å². The van der Waals surface area contributed by atoms with Crippen LogP contribution in [0.4, 0.5) is 0 Å². The van der Waals surface area contributed by atoms with E-state index in [-0.39, 0.29) is 23.0 Å². The van der Waals surface area contributed by atoms with E-state index in [1.54, 1.807) is 42.3 Å². The number of carbonyl (C=O) groups excluding carboxylic acids is 1. The molecule has 1 aliphatic heterocycles. The maximum Gasteiger partial charge on any atom is 0.257 e. The van der Waals surface area contributed by atoms with Crippen LogP contribution in [0.2, 0.25) is 0 Å². The highest BCUT2D eigenvalue weighted by atomic mass is 16.5. The Bertz CT molecular complexity index is 1090. The molecule has 4 rings (SSSR count). The quantitative estimate of drug-likeness (QED) is 0.720. The van der Waals surface area contributed by atoms with E-state index in [4.69, 9.17) is 4.74 Å². The van der Waals surface area contributed by atoms with E-state index in [9.17, 15) is 15.0 Å². The topological polar surface area (TPSA) is 70.0 Å². The number of ether oxygens (including phenoxy) is 1. The van der Waals surface area contributed by atoms with E-state index in [0.717, 1.165) is 23.1 Å². The van der Waals surface area contributed by atoms with Crippen molar-refractivity contribution in [2.75, 3.05) is 20.2 Å². The smallest absolute Gasteiger partial charge is 0.257 e. The summed E-state index contributed by atoms with van der Waals surface area (Å²) < 4.78 is 5.28. The van der Waals surface area contributed by atoms with Crippen LogP contribution in [0.25, 0.3) is 16.3 Å². The maximum atomic E-state index is 12.9. The zero-order chi connectivity index (χ0) is 19.7. The van der Waals surface area contributed by atoms with E-state index >= 15 is 0 Å². The first-order valence-electron chi connectivity index (χ1n) is 9.13. The summed E-state index contributed by atoms with van der Waals surface area (Å²) in [7, 11) is 1.64. The van der Waals surface area contributed by atoms with Crippen LogP contribution in [0, 0.1) is 0 Å². The number of carbonyl (C=O) groups is 1. The second kappa shape index (κ2) is 7.27. The lowest BCUT2D eigenvalue weighted by molar-refractivity contribution is 0.0770. The number of amides is 1. The Morgan fingerprint density at radius 3 is 2.64 bits per heavy atom. The van der Waals surface area contributed by atoms with Gasteiger partial charge >= 0.3 is 0 Å². The van der Waals surface area contributed by atoms with Crippen molar-refractivity contribution in [2.24, 2.45) is 0 Å². The van der Waals surface area contributed by atoms with Gasteiger partial charge in [-0.25, -0.2) is 0 Å². The average molecular weight is 375 g/mol. The predicted molar refractivity (Wildman–Crippen MR) is 109 cm³/mol. The van der Waals surface area contributed by atoms with Gasteiger partial charge in [0.15, 0.2) is 0 Å². The van der Waals surface area contributed by atoms with E-state index in [1.807, 2.05) is 30.3 Å². The minimum atomic E-state index is -0.219. The molecule has 1 heterocycles. The maximum absolute atomic E-state index is 12.9. The highest BCUT2D eigenvalue weighted by Gasteiger charge is 2.22. The molecule has 0 atom stereocenters. The normalized spacial score (nSPS) is 14.0. The molecule has 0 radical (unpaired) electrons. The molecule has 0 saturated carbocycles. The zero-order valence-corrected chi connectivity index (χ0v) is 15.6. The van der Waals surface area contributed by atoms with Crippen LogP contribution in [0.5, 0.6) is 17.2 Å². The lowest BCUT2D eigenvalue weighted by atomic mass is 9.98. The Morgan fingerprint density at radius 2 is 1.89 bits per heavy atom. The Balaban J connectivity index is 1.57. The SMILES string of the molecule is COc1cccc(C2=CCN(C(=O)c3cc4cc(O)ccc4cc3O)CC2)c1. The number of nitrogens with zero attached hydrogens (tertiary/aromatic N) is 1. The van der Waals surface area contributed by atoms with Crippen molar-refractivity contribution in [2.45, 2.75) is 6.42 Å². The summed E-state index contributed by atoms with van der Waals surface area (Å²) in [4.78, 5) is 14.7. The van der Waals surface area contributed by atoms with Gasteiger partial charge in [-0.05, 0) is 64.7 Å². The summed E-state index contributed by atoms with van der Waals surface area (Å²) in [5.41, 5.74) is 2.52. The summed E-state index contributed by atoms with van der Waals surface area (Å²) in [6.07, 6.45) is 2.77. The molecule has 0 fully saturated rings. The molecule has 0 saturated heterocycles. The summed E-state index contributed by atoms with van der Waals surface area (Å²) >= 11 is 0. The molecule has 0 spiro atoms. The molecule has 0 bridgehead atoms. The first kappa shape index (κ1) is 17.9. The van der Waals surface area contributed by atoms with Crippen molar-refractivity contribution in [1.29, 1.82) is 0 Å². The lowest BCUT2D eigenvalue weighted by Crippen LogP contribution is -2.34. The Labute approximate surface area is 163 Å². The number of hydrogen-bond acceptors (Lipinski definition) is 4. The molecule has 0 aromatic heterocycles. The first-order valence-corrected chi connectivity index (χ1v) is 9.13.